The van der Waals surface area contributed by atoms with E-state index in [4.69, 9.17) is 4.74 Å². The van der Waals surface area contributed by atoms with Crippen LogP contribution in [0.4, 0.5) is 0 Å². The van der Waals surface area contributed by atoms with E-state index in [2.05, 4.69) is 85.0 Å². The average Bonchev–Trinajstić information content (AvgIpc) is 2.43. The first-order valence-corrected chi connectivity index (χ1v) is 9.73. The number of hydrogen-bond donors (Lipinski definition) is 0. The molecule has 1 rings (SSSR count). The van der Waals surface area contributed by atoms with E-state index < -0.39 is 0 Å². The molecule has 1 aromatic rings. The van der Waals surface area contributed by atoms with Crippen LogP contribution in [0.5, 0.6) is 5.75 Å². The molecule has 0 atom stereocenters. The van der Waals surface area contributed by atoms with Gasteiger partial charge in [0.2, 0.25) is 0 Å². The molecule has 0 unspecified atom stereocenters. The van der Waals surface area contributed by atoms with Crippen molar-refractivity contribution in [1.29, 1.82) is 0 Å². The molecule has 0 N–H and O–H groups in total. The van der Waals surface area contributed by atoms with E-state index in [0.29, 0.717) is 0 Å². The van der Waals surface area contributed by atoms with Crippen LogP contribution in [0.2, 0.25) is 0 Å². The zero-order valence-corrected chi connectivity index (χ0v) is 17.8. The smallest absolute Gasteiger partial charge is 0.128 e. The number of rotatable bonds is 11. The molecule has 0 spiro atoms. The summed E-state index contributed by atoms with van der Waals surface area (Å²) < 4.78 is 6.24. The Kier molecular flexibility index (Phi) is 9.89. The van der Waals surface area contributed by atoms with Crippen molar-refractivity contribution in [3.63, 3.8) is 0 Å². The number of halogens is 1. The van der Waals surface area contributed by atoms with E-state index in [0.717, 1.165) is 50.2 Å². The number of alkyl halides is 1. The van der Waals surface area contributed by atoms with E-state index in [1.807, 2.05) is 0 Å². The molecule has 1 aromatic carbocycles. The fraction of sp³-hybridized carbons (Fsp3) is 0.684. The molecule has 0 radical (unpaired) electrons. The van der Waals surface area contributed by atoms with E-state index in [1.165, 1.54) is 16.7 Å². The summed E-state index contributed by atoms with van der Waals surface area (Å²) in [4.78, 5) is 6.63. The van der Waals surface area contributed by atoms with Crippen molar-refractivity contribution in [3.8, 4) is 5.75 Å². The molecule has 0 aliphatic carbocycles. The molecule has 4 nitrogen and oxygen atoms in total. The van der Waals surface area contributed by atoms with Gasteiger partial charge in [-0.25, -0.2) is 0 Å². The Morgan fingerprint density at radius 1 is 0.792 bits per heavy atom. The predicted octanol–water partition coefficient (Wildman–Crippen LogP) is 3.43. The first-order valence-electron chi connectivity index (χ1n) is 8.61. The standard InChI is InChI=1S/C19H34BrN3O/c1-21(2)13-16-11-17(14-22(3)4)19(24-10-8-7-9-20)18(12-16)15-23(5)6/h11-12H,7-10,13-15H2,1-6H3. The highest BCUT2D eigenvalue weighted by Gasteiger charge is 2.14. The van der Waals surface area contributed by atoms with Crippen molar-refractivity contribution in [2.24, 2.45) is 0 Å². The van der Waals surface area contributed by atoms with Gasteiger partial charge >= 0.3 is 0 Å². The summed E-state index contributed by atoms with van der Waals surface area (Å²) >= 11 is 3.49. The Labute approximate surface area is 156 Å². The fourth-order valence-electron chi connectivity index (χ4n) is 2.76. The minimum atomic E-state index is 0.777. The maximum atomic E-state index is 6.24. The second-order valence-electron chi connectivity index (χ2n) is 7.20. The second kappa shape index (κ2) is 11.1. The Balaban J connectivity index is 3.15. The molecule has 138 valence electrons. The minimum absolute atomic E-state index is 0.777. The van der Waals surface area contributed by atoms with E-state index in [-0.39, 0.29) is 0 Å². The molecule has 0 saturated carbocycles. The van der Waals surface area contributed by atoms with Crippen LogP contribution in [0.25, 0.3) is 0 Å². The molecule has 0 saturated heterocycles. The number of nitrogens with zero attached hydrogens (tertiary/aromatic N) is 3. The maximum absolute atomic E-state index is 6.24. The van der Waals surface area contributed by atoms with Gasteiger partial charge in [-0.05, 0) is 72.8 Å². The maximum Gasteiger partial charge on any atom is 0.128 e. The van der Waals surface area contributed by atoms with Crippen molar-refractivity contribution >= 4 is 15.9 Å². The highest BCUT2D eigenvalue weighted by atomic mass is 79.9. The van der Waals surface area contributed by atoms with Crippen LogP contribution < -0.4 is 4.74 Å². The molecule has 0 aromatic heterocycles. The lowest BCUT2D eigenvalue weighted by atomic mass is 10.0. The third kappa shape index (κ3) is 7.97. The lowest BCUT2D eigenvalue weighted by Crippen LogP contribution is -2.18. The normalized spacial score (nSPS) is 11.8. The Hall–Kier alpha value is -0.620. The molecule has 0 amide bonds. The summed E-state index contributed by atoms with van der Waals surface area (Å²) in [5.41, 5.74) is 3.92. The number of ether oxygens (including phenoxy) is 1. The van der Waals surface area contributed by atoms with Gasteiger partial charge < -0.3 is 19.4 Å². The zero-order chi connectivity index (χ0) is 18.1. The molecule has 0 aliphatic heterocycles. The molecule has 0 heterocycles. The van der Waals surface area contributed by atoms with Crippen LogP contribution >= 0.6 is 15.9 Å². The van der Waals surface area contributed by atoms with Gasteiger partial charge in [-0.15, -0.1) is 0 Å². The van der Waals surface area contributed by atoms with Crippen molar-refractivity contribution in [3.05, 3.63) is 28.8 Å². The summed E-state index contributed by atoms with van der Waals surface area (Å²) in [5.74, 6) is 1.08. The van der Waals surface area contributed by atoms with Crippen molar-refractivity contribution < 1.29 is 4.74 Å². The quantitative estimate of drug-likeness (QED) is 0.419. The Morgan fingerprint density at radius 3 is 1.71 bits per heavy atom. The van der Waals surface area contributed by atoms with Gasteiger partial charge in [0.25, 0.3) is 0 Å². The summed E-state index contributed by atoms with van der Waals surface area (Å²) in [7, 11) is 12.7. The molecule has 24 heavy (non-hydrogen) atoms. The predicted molar refractivity (Wildman–Crippen MR) is 107 cm³/mol. The van der Waals surface area contributed by atoms with Crippen LogP contribution in [0.15, 0.2) is 12.1 Å². The fourth-order valence-corrected chi connectivity index (χ4v) is 3.15. The van der Waals surface area contributed by atoms with Crippen LogP contribution in [0.1, 0.15) is 29.5 Å². The third-order valence-corrected chi connectivity index (χ3v) is 4.11. The van der Waals surface area contributed by atoms with Crippen LogP contribution in [0, 0.1) is 0 Å². The van der Waals surface area contributed by atoms with Crippen LogP contribution in [-0.4, -0.2) is 68.9 Å². The van der Waals surface area contributed by atoms with Gasteiger partial charge in [-0.1, -0.05) is 15.9 Å². The molecule has 0 fully saturated rings. The van der Waals surface area contributed by atoms with Gasteiger partial charge in [-0.3, -0.25) is 0 Å². The van der Waals surface area contributed by atoms with Crippen molar-refractivity contribution in [2.75, 3.05) is 54.2 Å². The van der Waals surface area contributed by atoms with E-state index in [9.17, 15) is 0 Å². The van der Waals surface area contributed by atoms with Crippen molar-refractivity contribution in [1.82, 2.24) is 14.7 Å². The second-order valence-corrected chi connectivity index (χ2v) is 7.99. The molecule has 0 bridgehead atoms. The van der Waals surface area contributed by atoms with Crippen molar-refractivity contribution in [2.45, 2.75) is 32.5 Å². The van der Waals surface area contributed by atoms with E-state index >= 15 is 0 Å². The lowest BCUT2D eigenvalue weighted by Gasteiger charge is -2.22. The first kappa shape index (κ1) is 21.4. The number of unbranched alkanes of at least 4 members (excludes halogenated alkanes) is 1. The SMILES string of the molecule is CN(C)Cc1cc(CN(C)C)c(OCCCCBr)c(CN(C)C)c1. The molecule has 0 aliphatic rings. The summed E-state index contributed by atoms with van der Waals surface area (Å²) in [6.07, 6.45) is 2.22. The number of hydrogen-bond acceptors (Lipinski definition) is 4. The Bertz CT molecular complexity index is 458. The highest BCUT2D eigenvalue weighted by molar-refractivity contribution is 9.09. The average molecular weight is 400 g/mol. The van der Waals surface area contributed by atoms with Gasteiger partial charge in [0.05, 0.1) is 6.61 Å². The van der Waals surface area contributed by atoms with Gasteiger partial charge in [0, 0.05) is 36.1 Å². The monoisotopic (exact) mass is 399 g/mol. The highest BCUT2D eigenvalue weighted by Crippen LogP contribution is 2.29. The summed E-state index contributed by atoms with van der Waals surface area (Å²) in [6.45, 7) is 3.52. The summed E-state index contributed by atoms with van der Waals surface area (Å²) in [6, 6.07) is 4.61. The van der Waals surface area contributed by atoms with Crippen LogP contribution in [-0.2, 0) is 19.6 Å². The first-order chi connectivity index (χ1) is 11.3. The molecular weight excluding hydrogens is 366 g/mol. The molecule has 5 heteroatoms. The van der Waals surface area contributed by atoms with Gasteiger partial charge in [-0.2, -0.15) is 0 Å². The van der Waals surface area contributed by atoms with Gasteiger partial charge in [0.15, 0.2) is 0 Å². The lowest BCUT2D eigenvalue weighted by molar-refractivity contribution is 0.289. The third-order valence-electron chi connectivity index (χ3n) is 3.55. The van der Waals surface area contributed by atoms with Gasteiger partial charge in [0.1, 0.15) is 5.75 Å². The summed E-state index contributed by atoms with van der Waals surface area (Å²) in [5, 5.41) is 1.03. The molecular formula is C19H34BrN3O. The number of benzene rings is 1. The zero-order valence-electron chi connectivity index (χ0n) is 16.2. The van der Waals surface area contributed by atoms with Crippen LogP contribution in [0.3, 0.4) is 0 Å². The topological polar surface area (TPSA) is 19.0 Å². The van der Waals surface area contributed by atoms with E-state index in [1.54, 1.807) is 0 Å². The largest absolute Gasteiger partial charge is 0.493 e. The minimum Gasteiger partial charge on any atom is -0.493 e. The Morgan fingerprint density at radius 2 is 1.29 bits per heavy atom.